The highest BCUT2D eigenvalue weighted by Crippen LogP contribution is 2.30. The van der Waals surface area contributed by atoms with Crippen molar-refractivity contribution in [1.82, 2.24) is 29.3 Å². The number of benzene rings is 1. The average Bonchev–Trinajstić information content (AvgIpc) is 3.35. The summed E-state index contributed by atoms with van der Waals surface area (Å²) in [6, 6.07) is 8.40. The Morgan fingerprint density at radius 1 is 1.06 bits per heavy atom. The van der Waals surface area contributed by atoms with E-state index in [2.05, 4.69) is 28.4 Å². The van der Waals surface area contributed by atoms with Gasteiger partial charge in [0, 0.05) is 37.5 Å². The maximum absolute atomic E-state index is 12.7. The van der Waals surface area contributed by atoms with E-state index in [4.69, 9.17) is 9.72 Å². The molecule has 1 amide bonds. The van der Waals surface area contributed by atoms with Crippen molar-refractivity contribution < 1.29 is 9.53 Å². The molecule has 33 heavy (non-hydrogen) atoms. The van der Waals surface area contributed by atoms with E-state index in [-0.39, 0.29) is 6.09 Å². The SMILES string of the molecule is Cn1cc(-c2cn3nccc3c(-c3ccc4c(c3)CN(C(=O)OC(C)(C)C)CCC4)n2)cn1. The molecule has 0 spiro atoms. The lowest BCUT2D eigenvalue weighted by Crippen LogP contribution is -2.36. The van der Waals surface area contributed by atoms with Crippen molar-refractivity contribution in [3.05, 3.63) is 60.2 Å². The van der Waals surface area contributed by atoms with E-state index in [9.17, 15) is 4.79 Å². The number of nitrogens with zero attached hydrogens (tertiary/aromatic N) is 6. The summed E-state index contributed by atoms with van der Waals surface area (Å²) in [6.45, 7) is 6.89. The van der Waals surface area contributed by atoms with E-state index in [0.717, 1.165) is 46.4 Å². The van der Waals surface area contributed by atoms with Crippen LogP contribution in [0.3, 0.4) is 0 Å². The summed E-state index contributed by atoms with van der Waals surface area (Å²) in [5.74, 6) is 0. The lowest BCUT2D eigenvalue weighted by molar-refractivity contribution is 0.0237. The van der Waals surface area contributed by atoms with Gasteiger partial charge in [-0.15, -0.1) is 0 Å². The van der Waals surface area contributed by atoms with Crippen LogP contribution >= 0.6 is 0 Å². The van der Waals surface area contributed by atoms with E-state index >= 15 is 0 Å². The number of hydrogen-bond acceptors (Lipinski definition) is 5. The molecule has 0 saturated heterocycles. The van der Waals surface area contributed by atoms with Crippen LogP contribution in [0, 0.1) is 0 Å². The predicted molar refractivity (Wildman–Crippen MR) is 126 cm³/mol. The van der Waals surface area contributed by atoms with Crippen molar-refractivity contribution in [2.24, 2.45) is 7.05 Å². The fraction of sp³-hybridized carbons (Fsp3) is 0.360. The Morgan fingerprint density at radius 2 is 1.91 bits per heavy atom. The summed E-state index contributed by atoms with van der Waals surface area (Å²) < 4.78 is 9.24. The van der Waals surface area contributed by atoms with Gasteiger partial charge in [0.15, 0.2) is 0 Å². The summed E-state index contributed by atoms with van der Waals surface area (Å²) in [7, 11) is 1.89. The number of amides is 1. The van der Waals surface area contributed by atoms with Crippen LogP contribution in [-0.2, 0) is 24.8 Å². The predicted octanol–water partition coefficient (Wildman–Crippen LogP) is 4.48. The third-order valence-electron chi connectivity index (χ3n) is 5.76. The topological polar surface area (TPSA) is 77.5 Å². The van der Waals surface area contributed by atoms with Crippen molar-refractivity contribution in [3.8, 4) is 22.5 Å². The zero-order valence-corrected chi connectivity index (χ0v) is 19.4. The molecule has 0 fully saturated rings. The van der Waals surface area contributed by atoms with Gasteiger partial charge in [-0.25, -0.2) is 14.3 Å². The van der Waals surface area contributed by atoms with E-state index in [0.29, 0.717) is 13.1 Å². The molecular weight excluding hydrogens is 416 g/mol. The first-order chi connectivity index (χ1) is 15.8. The zero-order valence-electron chi connectivity index (χ0n) is 19.4. The minimum atomic E-state index is -0.516. The second kappa shape index (κ2) is 8.03. The normalized spacial score (nSPS) is 14.2. The Morgan fingerprint density at radius 3 is 2.67 bits per heavy atom. The monoisotopic (exact) mass is 444 g/mol. The smallest absolute Gasteiger partial charge is 0.410 e. The van der Waals surface area contributed by atoms with Gasteiger partial charge in [0.25, 0.3) is 0 Å². The van der Waals surface area contributed by atoms with E-state index < -0.39 is 5.60 Å². The summed E-state index contributed by atoms with van der Waals surface area (Å²) in [4.78, 5) is 19.5. The first kappa shape index (κ1) is 21.2. The molecule has 0 aliphatic carbocycles. The molecule has 0 unspecified atom stereocenters. The standard InChI is InChI=1S/C25H28N6O2/c1-25(2,3)33-24(32)30-11-5-6-17-7-8-18(12-19(17)15-30)23-22-9-10-26-31(22)16-21(28-23)20-13-27-29(4)14-20/h7-10,12-14,16H,5-6,11,15H2,1-4H3. The number of fused-ring (bicyclic) bond motifs is 2. The highest BCUT2D eigenvalue weighted by Gasteiger charge is 2.25. The Balaban J connectivity index is 1.54. The molecule has 8 nitrogen and oxygen atoms in total. The van der Waals surface area contributed by atoms with Gasteiger partial charge in [0.1, 0.15) is 5.60 Å². The van der Waals surface area contributed by atoms with Gasteiger partial charge in [-0.2, -0.15) is 10.2 Å². The molecule has 5 rings (SSSR count). The van der Waals surface area contributed by atoms with Crippen LogP contribution in [0.4, 0.5) is 4.79 Å². The lowest BCUT2D eigenvalue weighted by atomic mass is 9.99. The summed E-state index contributed by atoms with van der Waals surface area (Å²) in [6.07, 6.45) is 9.02. The molecule has 0 bridgehead atoms. The molecule has 8 heteroatoms. The number of aromatic nitrogens is 5. The maximum Gasteiger partial charge on any atom is 0.410 e. The highest BCUT2D eigenvalue weighted by molar-refractivity contribution is 5.79. The molecule has 1 aromatic carbocycles. The quantitative estimate of drug-likeness (QED) is 0.456. The fourth-order valence-corrected chi connectivity index (χ4v) is 4.22. The first-order valence-corrected chi connectivity index (χ1v) is 11.2. The summed E-state index contributed by atoms with van der Waals surface area (Å²) in [5.41, 5.74) is 6.39. The molecule has 0 N–H and O–H groups in total. The molecule has 0 radical (unpaired) electrons. The van der Waals surface area contributed by atoms with Crippen LogP contribution < -0.4 is 0 Å². The largest absolute Gasteiger partial charge is 0.444 e. The van der Waals surface area contributed by atoms with Gasteiger partial charge in [0.2, 0.25) is 0 Å². The second-order valence-electron chi connectivity index (χ2n) is 9.53. The summed E-state index contributed by atoms with van der Waals surface area (Å²) >= 11 is 0. The molecule has 170 valence electrons. The minimum absolute atomic E-state index is 0.268. The van der Waals surface area contributed by atoms with E-state index in [1.54, 1.807) is 22.0 Å². The Hall–Kier alpha value is -3.68. The van der Waals surface area contributed by atoms with Gasteiger partial charge in [-0.05, 0) is 56.9 Å². The van der Waals surface area contributed by atoms with Gasteiger partial charge in [0.05, 0.1) is 35.5 Å². The molecule has 0 atom stereocenters. The van der Waals surface area contributed by atoms with Gasteiger partial charge in [-0.1, -0.05) is 12.1 Å². The molecule has 1 aliphatic heterocycles. The Bertz CT molecular complexity index is 1330. The third-order valence-corrected chi connectivity index (χ3v) is 5.76. The van der Waals surface area contributed by atoms with E-state index in [1.165, 1.54) is 5.56 Å². The van der Waals surface area contributed by atoms with Crippen molar-refractivity contribution in [2.75, 3.05) is 6.54 Å². The van der Waals surface area contributed by atoms with Gasteiger partial charge in [-0.3, -0.25) is 4.68 Å². The lowest BCUT2D eigenvalue weighted by Gasteiger charge is -2.26. The van der Waals surface area contributed by atoms with Crippen molar-refractivity contribution in [3.63, 3.8) is 0 Å². The van der Waals surface area contributed by atoms with Gasteiger partial charge >= 0.3 is 6.09 Å². The fourth-order valence-electron chi connectivity index (χ4n) is 4.22. The number of hydrogen-bond donors (Lipinski definition) is 0. The Kier molecular flexibility index (Phi) is 5.15. The van der Waals surface area contributed by atoms with Crippen molar-refractivity contribution in [1.29, 1.82) is 0 Å². The van der Waals surface area contributed by atoms with Crippen LogP contribution in [0.1, 0.15) is 38.3 Å². The maximum atomic E-state index is 12.7. The van der Waals surface area contributed by atoms with Crippen molar-refractivity contribution >= 4 is 11.6 Å². The number of carbonyl (C=O) groups is 1. The van der Waals surface area contributed by atoms with Gasteiger partial charge < -0.3 is 9.64 Å². The van der Waals surface area contributed by atoms with Crippen LogP contribution in [-0.4, -0.2) is 47.5 Å². The Labute approximate surface area is 192 Å². The minimum Gasteiger partial charge on any atom is -0.444 e. The molecule has 1 aliphatic rings. The molecule has 0 saturated carbocycles. The number of aryl methyl sites for hydroxylation is 2. The number of ether oxygens (including phenoxy) is 1. The van der Waals surface area contributed by atoms with Crippen LogP contribution in [0.5, 0.6) is 0 Å². The second-order valence-corrected chi connectivity index (χ2v) is 9.53. The van der Waals surface area contributed by atoms with Crippen LogP contribution in [0.25, 0.3) is 28.0 Å². The zero-order chi connectivity index (χ0) is 23.2. The molecule has 3 aromatic heterocycles. The highest BCUT2D eigenvalue weighted by atomic mass is 16.6. The van der Waals surface area contributed by atoms with Crippen molar-refractivity contribution in [2.45, 2.75) is 45.8 Å². The van der Waals surface area contributed by atoms with Crippen LogP contribution in [0.15, 0.2) is 49.1 Å². The van der Waals surface area contributed by atoms with Crippen LogP contribution in [0.2, 0.25) is 0 Å². The number of rotatable bonds is 2. The van der Waals surface area contributed by atoms with E-state index in [1.807, 2.05) is 50.8 Å². The number of carbonyl (C=O) groups excluding carboxylic acids is 1. The average molecular weight is 445 g/mol. The molecular formula is C25H28N6O2. The molecule has 4 heterocycles. The molecule has 4 aromatic rings. The third kappa shape index (κ3) is 4.33. The first-order valence-electron chi connectivity index (χ1n) is 11.2. The summed E-state index contributed by atoms with van der Waals surface area (Å²) in [5, 5.41) is 8.73.